The monoisotopic (exact) mass is 326 g/mol. The van der Waals surface area contributed by atoms with E-state index in [1.54, 1.807) is 4.90 Å². The predicted octanol–water partition coefficient (Wildman–Crippen LogP) is 4.44. The van der Waals surface area contributed by atoms with Gasteiger partial charge in [0, 0.05) is 25.7 Å². The number of hydrogen-bond acceptors (Lipinski definition) is 3. The van der Waals surface area contributed by atoms with Crippen LogP contribution in [-0.2, 0) is 4.74 Å². The molecule has 0 aromatic heterocycles. The van der Waals surface area contributed by atoms with E-state index in [4.69, 9.17) is 4.74 Å². The zero-order chi connectivity index (χ0) is 17.7. The van der Waals surface area contributed by atoms with Crippen LogP contribution in [0.25, 0.3) is 0 Å². The third-order valence-electron chi connectivity index (χ3n) is 4.70. The Morgan fingerprint density at radius 1 is 1.13 bits per heavy atom. The van der Waals surface area contributed by atoms with Crippen LogP contribution in [0.15, 0.2) is 0 Å². The molecule has 136 valence electrons. The number of hydrogen-bond donors (Lipinski definition) is 1. The first-order valence-electron chi connectivity index (χ1n) is 9.26. The Balaban J connectivity index is 2.48. The Morgan fingerprint density at radius 2 is 1.74 bits per heavy atom. The first-order chi connectivity index (χ1) is 10.5. The van der Waals surface area contributed by atoms with Gasteiger partial charge in [-0.15, -0.1) is 0 Å². The van der Waals surface area contributed by atoms with Gasteiger partial charge in [0.05, 0.1) is 0 Å². The van der Waals surface area contributed by atoms with E-state index in [-0.39, 0.29) is 6.09 Å². The number of carbonyl (C=O) groups is 1. The van der Waals surface area contributed by atoms with Crippen molar-refractivity contribution < 1.29 is 9.53 Å². The molecule has 2 atom stereocenters. The predicted molar refractivity (Wildman–Crippen MR) is 96.7 cm³/mol. The molecule has 0 aliphatic heterocycles. The maximum atomic E-state index is 12.2. The molecule has 1 N–H and O–H groups in total. The normalized spacial score (nSPS) is 22.7. The van der Waals surface area contributed by atoms with Crippen molar-refractivity contribution in [2.75, 3.05) is 19.6 Å². The van der Waals surface area contributed by atoms with Gasteiger partial charge < -0.3 is 15.0 Å². The van der Waals surface area contributed by atoms with Gasteiger partial charge in [0.15, 0.2) is 0 Å². The van der Waals surface area contributed by atoms with Crippen LogP contribution in [0.1, 0.15) is 74.1 Å². The van der Waals surface area contributed by atoms with Crippen molar-refractivity contribution in [3.8, 4) is 0 Å². The quantitative estimate of drug-likeness (QED) is 0.812. The molecule has 1 rings (SSSR count). The number of amides is 1. The molecule has 2 unspecified atom stereocenters. The van der Waals surface area contributed by atoms with Gasteiger partial charge in [-0.05, 0) is 51.9 Å². The summed E-state index contributed by atoms with van der Waals surface area (Å²) in [5.74, 6) is 0.716. The summed E-state index contributed by atoms with van der Waals surface area (Å²) < 4.78 is 5.47. The molecule has 1 fully saturated rings. The molecule has 1 aliphatic rings. The molecule has 4 heteroatoms. The van der Waals surface area contributed by atoms with Gasteiger partial charge in [0.25, 0.3) is 0 Å². The number of rotatable bonds is 5. The standard InChI is InChI=1S/C19H38N2O2/c1-8-21(17(22)23-19(5,6)7)14-13-20-16-12-10-9-11-15(16)18(2,3)4/h15-16,20H,8-14H2,1-7H3. The molecule has 0 aromatic carbocycles. The summed E-state index contributed by atoms with van der Waals surface area (Å²) in [5, 5.41) is 3.71. The lowest BCUT2D eigenvalue weighted by molar-refractivity contribution is 0.0256. The van der Waals surface area contributed by atoms with Crippen LogP contribution in [0.3, 0.4) is 0 Å². The van der Waals surface area contributed by atoms with Crippen molar-refractivity contribution in [2.45, 2.75) is 85.8 Å². The number of nitrogens with zero attached hydrogens (tertiary/aromatic N) is 1. The van der Waals surface area contributed by atoms with Crippen molar-refractivity contribution in [3.05, 3.63) is 0 Å². The fourth-order valence-corrected chi connectivity index (χ4v) is 3.50. The molecule has 1 saturated carbocycles. The smallest absolute Gasteiger partial charge is 0.410 e. The number of ether oxygens (including phenoxy) is 1. The topological polar surface area (TPSA) is 41.6 Å². The highest BCUT2D eigenvalue weighted by Crippen LogP contribution is 2.37. The van der Waals surface area contributed by atoms with Crippen LogP contribution in [0, 0.1) is 11.3 Å². The molecular weight excluding hydrogens is 288 g/mol. The summed E-state index contributed by atoms with van der Waals surface area (Å²) in [6.07, 6.45) is 5.01. The Morgan fingerprint density at radius 3 is 2.26 bits per heavy atom. The molecular formula is C19H38N2O2. The summed E-state index contributed by atoms with van der Waals surface area (Å²) in [5.41, 5.74) is -0.0909. The fraction of sp³-hybridized carbons (Fsp3) is 0.947. The fourth-order valence-electron chi connectivity index (χ4n) is 3.50. The lowest BCUT2D eigenvalue weighted by atomic mass is 9.69. The Hall–Kier alpha value is -0.770. The van der Waals surface area contributed by atoms with Gasteiger partial charge in [0.1, 0.15) is 5.60 Å². The molecule has 0 spiro atoms. The summed E-state index contributed by atoms with van der Waals surface area (Å²) in [6, 6.07) is 0.570. The maximum absolute atomic E-state index is 12.2. The first kappa shape index (κ1) is 20.3. The molecule has 4 nitrogen and oxygen atoms in total. The SMILES string of the molecule is CCN(CCNC1CCCCC1C(C)(C)C)C(=O)OC(C)(C)C. The lowest BCUT2D eigenvalue weighted by Crippen LogP contribution is -2.47. The van der Waals surface area contributed by atoms with E-state index in [1.165, 1.54) is 25.7 Å². The van der Waals surface area contributed by atoms with Gasteiger partial charge in [0.2, 0.25) is 0 Å². The molecule has 0 radical (unpaired) electrons. The zero-order valence-electron chi connectivity index (χ0n) is 16.4. The molecule has 1 amide bonds. The molecule has 0 aromatic rings. The number of carbonyl (C=O) groups excluding carboxylic acids is 1. The summed E-state index contributed by atoms with van der Waals surface area (Å²) in [7, 11) is 0. The van der Waals surface area contributed by atoms with Crippen LogP contribution >= 0.6 is 0 Å². The van der Waals surface area contributed by atoms with E-state index in [1.807, 2.05) is 27.7 Å². The summed E-state index contributed by atoms with van der Waals surface area (Å²) in [4.78, 5) is 14.0. The average Bonchev–Trinajstić information content (AvgIpc) is 2.41. The van der Waals surface area contributed by atoms with E-state index in [0.717, 1.165) is 6.54 Å². The first-order valence-corrected chi connectivity index (χ1v) is 9.26. The Bertz CT molecular complexity index is 369. The van der Waals surface area contributed by atoms with Crippen LogP contribution in [0.5, 0.6) is 0 Å². The number of likely N-dealkylation sites (N-methyl/N-ethyl adjacent to an activating group) is 1. The highest BCUT2D eigenvalue weighted by molar-refractivity contribution is 5.68. The van der Waals surface area contributed by atoms with Crippen LogP contribution < -0.4 is 5.32 Å². The van der Waals surface area contributed by atoms with E-state index in [9.17, 15) is 4.79 Å². The van der Waals surface area contributed by atoms with Crippen LogP contribution in [0.2, 0.25) is 0 Å². The van der Waals surface area contributed by atoms with Crippen molar-refractivity contribution in [2.24, 2.45) is 11.3 Å². The van der Waals surface area contributed by atoms with E-state index < -0.39 is 5.60 Å². The Kier molecular flexibility index (Phi) is 7.37. The molecule has 0 bridgehead atoms. The average molecular weight is 327 g/mol. The molecule has 23 heavy (non-hydrogen) atoms. The van der Waals surface area contributed by atoms with Crippen LogP contribution in [0.4, 0.5) is 4.79 Å². The van der Waals surface area contributed by atoms with Gasteiger partial charge in [-0.3, -0.25) is 0 Å². The van der Waals surface area contributed by atoms with E-state index >= 15 is 0 Å². The van der Waals surface area contributed by atoms with Crippen molar-refractivity contribution in [3.63, 3.8) is 0 Å². The largest absolute Gasteiger partial charge is 0.444 e. The molecule has 0 heterocycles. The van der Waals surface area contributed by atoms with Crippen molar-refractivity contribution >= 4 is 6.09 Å². The Labute approximate surface area is 143 Å². The third-order valence-corrected chi connectivity index (χ3v) is 4.70. The van der Waals surface area contributed by atoms with Crippen molar-refractivity contribution in [1.29, 1.82) is 0 Å². The minimum atomic E-state index is -0.432. The van der Waals surface area contributed by atoms with Crippen LogP contribution in [-0.4, -0.2) is 42.3 Å². The second-order valence-corrected chi connectivity index (χ2v) is 8.88. The van der Waals surface area contributed by atoms with Gasteiger partial charge in [-0.25, -0.2) is 4.79 Å². The second kappa shape index (κ2) is 8.36. The van der Waals surface area contributed by atoms with E-state index in [0.29, 0.717) is 30.5 Å². The minimum absolute atomic E-state index is 0.210. The van der Waals surface area contributed by atoms with Crippen molar-refractivity contribution in [1.82, 2.24) is 10.2 Å². The van der Waals surface area contributed by atoms with E-state index in [2.05, 4.69) is 26.1 Å². The maximum Gasteiger partial charge on any atom is 0.410 e. The third kappa shape index (κ3) is 7.11. The van der Waals surface area contributed by atoms with Gasteiger partial charge >= 0.3 is 6.09 Å². The number of nitrogens with one attached hydrogen (secondary N) is 1. The molecule has 1 aliphatic carbocycles. The summed E-state index contributed by atoms with van der Waals surface area (Å²) in [6.45, 7) is 17.0. The van der Waals surface area contributed by atoms with Gasteiger partial charge in [-0.1, -0.05) is 33.6 Å². The molecule has 0 saturated heterocycles. The summed E-state index contributed by atoms with van der Waals surface area (Å²) >= 11 is 0. The lowest BCUT2D eigenvalue weighted by Gasteiger charge is -2.41. The highest BCUT2D eigenvalue weighted by Gasteiger charge is 2.33. The zero-order valence-corrected chi connectivity index (χ0v) is 16.4. The highest BCUT2D eigenvalue weighted by atomic mass is 16.6. The second-order valence-electron chi connectivity index (χ2n) is 8.88. The van der Waals surface area contributed by atoms with Gasteiger partial charge in [-0.2, -0.15) is 0 Å². The minimum Gasteiger partial charge on any atom is -0.444 e.